The molecule has 3 aromatic rings. The molecule has 0 unspecified atom stereocenters. The summed E-state index contributed by atoms with van der Waals surface area (Å²) in [7, 11) is 0. The first-order valence-electron chi connectivity index (χ1n) is 6.71. The number of aromatic nitrogens is 2. The highest BCUT2D eigenvalue weighted by Crippen LogP contribution is 2.35. The third-order valence-corrected chi connectivity index (χ3v) is 3.55. The van der Waals surface area contributed by atoms with Crippen LogP contribution < -0.4 is 0 Å². The number of furan rings is 1. The first-order chi connectivity index (χ1) is 12.3. The molecular weight excluding hydrogens is 374 g/mol. The number of halogens is 1. The summed E-state index contributed by atoms with van der Waals surface area (Å²) in [5, 5.41) is 32.8. The van der Waals surface area contributed by atoms with Gasteiger partial charge in [0.05, 0.1) is 16.2 Å². The second-order valence-corrected chi connectivity index (χ2v) is 5.22. The number of imidazole rings is 1. The molecule has 3 aromatic heterocycles. The standard InChI is InChI=1S/C13H6ClN5O7/c14-7(5-9-8(17(20)21)6-11(26-9)18(22)23)12-13(19(24)25)16-4-2-1-3-10(16)15-12/h1-6H/b7-5+. The minimum Gasteiger partial charge on any atom is -0.394 e. The molecular formula is C13H6ClN5O7. The lowest BCUT2D eigenvalue weighted by Crippen LogP contribution is -1.96. The third-order valence-electron chi connectivity index (χ3n) is 3.27. The van der Waals surface area contributed by atoms with Crippen molar-refractivity contribution in [1.82, 2.24) is 9.38 Å². The van der Waals surface area contributed by atoms with Crippen LogP contribution in [0.25, 0.3) is 16.8 Å². The summed E-state index contributed by atoms with van der Waals surface area (Å²) in [6.45, 7) is 0. The fourth-order valence-electron chi connectivity index (χ4n) is 2.22. The van der Waals surface area contributed by atoms with Gasteiger partial charge >= 0.3 is 17.4 Å². The Balaban J connectivity index is 2.19. The molecule has 0 aliphatic heterocycles. The van der Waals surface area contributed by atoms with E-state index in [-0.39, 0.29) is 16.4 Å². The predicted octanol–water partition coefficient (Wildman–Crippen LogP) is 3.39. The van der Waals surface area contributed by atoms with Gasteiger partial charge in [-0.05, 0) is 11.0 Å². The Bertz CT molecular complexity index is 1100. The summed E-state index contributed by atoms with van der Waals surface area (Å²) >= 11 is 6.06. The molecule has 0 atom stereocenters. The third kappa shape index (κ3) is 2.84. The Labute approximate surface area is 147 Å². The van der Waals surface area contributed by atoms with Crippen LogP contribution >= 0.6 is 11.6 Å². The van der Waals surface area contributed by atoms with Crippen molar-refractivity contribution in [1.29, 1.82) is 0 Å². The first kappa shape index (κ1) is 17.0. The van der Waals surface area contributed by atoms with E-state index in [0.717, 1.165) is 6.08 Å². The van der Waals surface area contributed by atoms with Gasteiger partial charge in [0.2, 0.25) is 11.4 Å². The van der Waals surface area contributed by atoms with E-state index in [1.165, 1.54) is 16.7 Å². The number of hydrogen-bond acceptors (Lipinski definition) is 8. The van der Waals surface area contributed by atoms with Crippen LogP contribution in [0.2, 0.25) is 0 Å². The van der Waals surface area contributed by atoms with Crippen molar-refractivity contribution in [2.75, 3.05) is 0 Å². The molecule has 0 fully saturated rings. The van der Waals surface area contributed by atoms with Crippen LogP contribution in [0.5, 0.6) is 0 Å². The van der Waals surface area contributed by atoms with Crippen molar-refractivity contribution in [2.45, 2.75) is 0 Å². The Morgan fingerprint density at radius 2 is 1.88 bits per heavy atom. The molecule has 0 radical (unpaired) electrons. The van der Waals surface area contributed by atoms with E-state index in [9.17, 15) is 30.3 Å². The molecule has 132 valence electrons. The van der Waals surface area contributed by atoms with Gasteiger partial charge < -0.3 is 14.5 Å². The number of rotatable bonds is 5. The molecule has 12 nitrogen and oxygen atoms in total. The van der Waals surface area contributed by atoms with Crippen molar-refractivity contribution in [2.24, 2.45) is 0 Å². The summed E-state index contributed by atoms with van der Waals surface area (Å²) in [5.41, 5.74) is -0.752. The molecule has 0 N–H and O–H groups in total. The maximum absolute atomic E-state index is 11.4. The van der Waals surface area contributed by atoms with Crippen LogP contribution in [0, 0.1) is 30.3 Å². The molecule has 0 aliphatic rings. The fourth-order valence-corrected chi connectivity index (χ4v) is 2.45. The van der Waals surface area contributed by atoms with E-state index >= 15 is 0 Å². The molecule has 26 heavy (non-hydrogen) atoms. The summed E-state index contributed by atoms with van der Waals surface area (Å²) in [4.78, 5) is 34.6. The lowest BCUT2D eigenvalue weighted by Gasteiger charge is -1.96. The van der Waals surface area contributed by atoms with E-state index in [2.05, 4.69) is 4.98 Å². The van der Waals surface area contributed by atoms with Crippen LogP contribution in [0.3, 0.4) is 0 Å². The van der Waals surface area contributed by atoms with Crippen molar-refractivity contribution < 1.29 is 19.2 Å². The molecule has 0 bridgehead atoms. The van der Waals surface area contributed by atoms with Crippen molar-refractivity contribution >= 4 is 45.7 Å². The average molecular weight is 380 g/mol. The van der Waals surface area contributed by atoms with Gasteiger partial charge in [-0.2, -0.15) is 9.38 Å². The number of hydrogen-bond donors (Lipinski definition) is 0. The van der Waals surface area contributed by atoms with Crippen molar-refractivity contribution in [3.63, 3.8) is 0 Å². The van der Waals surface area contributed by atoms with E-state index in [0.29, 0.717) is 6.07 Å². The van der Waals surface area contributed by atoms with E-state index in [1.54, 1.807) is 12.1 Å². The topological polar surface area (TPSA) is 160 Å². The van der Waals surface area contributed by atoms with Gasteiger partial charge in [-0.15, -0.1) is 0 Å². The number of fused-ring (bicyclic) bond motifs is 1. The molecule has 13 heteroatoms. The molecule has 3 heterocycles. The summed E-state index contributed by atoms with van der Waals surface area (Å²) < 4.78 is 5.97. The maximum atomic E-state index is 11.4. The molecule has 0 spiro atoms. The van der Waals surface area contributed by atoms with Crippen molar-refractivity contribution in [3.05, 3.63) is 72.3 Å². The van der Waals surface area contributed by atoms with Gasteiger partial charge in [-0.1, -0.05) is 17.7 Å². The SMILES string of the molecule is O=[N+]([O-])c1cc([N+](=O)[O-])c(/C=C(/Cl)c2nc3ccccn3c2[N+](=O)[O-])o1. The van der Waals surface area contributed by atoms with Gasteiger partial charge in [-0.3, -0.25) is 20.2 Å². The molecule has 0 saturated carbocycles. The molecule has 3 rings (SSSR count). The number of nitro groups is 3. The highest BCUT2D eigenvalue weighted by atomic mass is 35.5. The van der Waals surface area contributed by atoms with Gasteiger partial charge in [0.1, 0.15) is 11.0 Å². The average Bonchev–Trinajstić information content (AvgIpc) is 3.16. The van der Waals surface area contributed by atoms with Crippen molar-refractivity contribution in [3.8, 4) is 0 Å². The second kappa shape index (κ2) is 6.25. The summed E-state index contributed by atoms with van der Waals surface area (Å²) in [5.74, 6) is -1.86. The molecule has 0 aliphatic carbocycles. The van der Waals surface area contributed by atoms with Crippen LogP contribution in [0.15, 0.2) is 34.9 Å². The van der Waals surface area contributed by atoms with Crippen LogP contribution in [0.4, 0.5) is 17.4 Å². The van der Waals surface area contributed by atoms with E-state index in [1.807, 2.05) is 0 Å². The first-order valence-corrected chi connectivity index (χ1v) is 7.09. The maximum Gasteiger partial charge on any atom is 0.440 e. The second-order valence-electron chi connectivity index (χ2n) is 4.81. The highest BCUT2D eigenvalue weighted by Gasteiger charge is 2.29. The zero-order valence-corrected chi connectivity index (χ0v) is 13.2. The largest absolute Gasteiger partial charge is 0.440 e. The minimum atomic E-state index is -0.953. The monoisotopic (exact) mass is 379 g/mol. The lowest BCUT2D eigenvalue weighted by atomic mass is 10.3. The molecule has 0 saturated heterocycles. The van der Waals surface area contributed by atoms with Gasteiger partial charge in [0, 0.05) is 12.1 Å². The zero-order valence-electron chi connectivity index (χ0n) is 12.4. The Morgan fingerprint density at radius 1 is 1.15 bits per heavy atom. The summed E-state index contributed by atoms with van der Waals surface area (Å²) in [6, 6.07) is 5.27. The van der Waals surface area contributed by atoms with E-state index in [4.69, 9.17) is 16.0 Å². The quantitative estimate of drug-likeness (QED) is 0.481. The fraction of sp³-hybridized carbons (Fsp3) is 0. The summed E-state index contributed by atoms with van der Waals surface area (Å²) in [6.07, 6.45) is 2.27. The normalized spacial score (nSPS) is 11.7. The highest BCUT2D eigenvalue weighted by molar-refractivity contribution is 6.51. The van der Waals surface area contributed by atoms with Gasteiger partial charge in [0.15, 0.2) is 5.69 Å². The number of nitrogens with zero attached hydrogens (tertiary/aromatic N) is 5. The molecule has 0 aromatic carbocycles. The van der Waals surface area contributed by atoms with Crippen LogP contribution in [-0.2, 0) is 0 Å². The predicted molar refractivity (Wildman–Crippen MR) is 87.6 cm³/mol. The Hall–Kier alpha value is -3.80. The van der Waals surface area contributed by atoms with Gasteiger partial charge in [-0.25, -0.2) is 0 Å². The van der Waals surface area contributed by atoms with E-state index < -0.39 is 37.9 Å². The number of pyridine rings is 1. The minimum absolute atomic E-state index is 0.223. The van der Waals surface area contributed by atoms with Crippen LogP contribution in [0.1, 0.15) is 11.5 Å². The molecule has 0 amide bonds. The Morgan fingerprint density at radius 3 is 2.50 bits per heavy atom. The van der Waals surface area contributed by atoms with Crippen LogP contribution in [-0.4, -0.2) is 24.2 Å². The van der Waals surface area contributed by atoms with Gasteiger partial charge in [0.25, 0.3) is 0 Å². The smallest absolute Gasteiger partial charge is 0.394 e. The lowest BCUT2D eigenvalue weighted by molar-refractivity contribution is -0.402. The zero-order chi connectivity index (χ0) is 19.0. The Kier molecular flexibility index (Phi) is 4.10.